The number of imidazole rings is 1. The summed E-state index contributed by atoms with van der Waals surface area (Å²) >= 11 is 3.36. The summed E-state index contributed by atoms with van der Waals surface area (Å²) in [6, 6.07) is 1.83. The molecule has 1 aliphatic heterocycles. The van der Waals surface area contributed by atoms with Crippen LogP contribution in [0.4, 0.5) is 0 Å². The molecule has 0 unspecified atom stereocenters. The van der Waals surface area contributed by atoms with Crippen LogP contribution in [-0.2, 0) is 6.54 Å². The Bertz CT molecular complexity index is 662. The Morgan fingerprint density at radius 1 is 1.36 bits per heavy atom. The molecule has 5 nitrogen and oxygen atoms in total. The third kappa shape index (κ3) is 3.38. The number of aryl methyl sites for hydroxylation is 1. The summed E-state index contributed by atoms with van der Waals surface area (Å²) in [5.74, 6) is 1.74. The van der Waals surface area contributed by atoms with Gasteiger partial charge < -0.3 is 9.47 Å². The number of halogens is 1. The van der Waals surface area contributed by atoms with Gasteiger partial charge in [0.25, 0.3) is 5.91 Å². The van der Waals surface area contributed by atoms with E-state index < -0.39 is 0 Å². The Kier molecular flexibility index (Phi) is 4.57. The molecule has 2 aromatic heterocycles. The van der Waals surface area contributed by atoms with Gasteiger partial charge in [0, 0.05) is 48.9 Å². The van der Waals surface area contributed by atoms with Crippen LogP contribution in [0.3, 0.4) is 0 Å². The van der Waals surface area contributed by atoms with Gasteiger partial charge in [0.05, 0.1) is 5.56 Å². The lowest BCUT2D eigenvalue weighted by Gasteiger charge is -2.32. The van der Waals surface area contributed by atoms with E-state index in [0.717, 1.165) is 42.8 Å². The van der Waals surface area contributed by atoms with Gasteiger partial charge in [-0.3, -0.25) is 9.78 Å². The number of piperidine rings is 1. The Hall–Kier alpha value is -1.69. The van der Waals surface area contributed by atoms with Crippen molar-refractivity contribution in [1.82, 2.24) is 19.4 Å². The molecule has 0 spiro atoms. The zero-order valence-corrected chi connectivity index (χ0v) is 14.2. The molecule has 0 bridgehead atoms. The lowest BCUT2D eigenvalue weighted by molar-refractivity contribution is 0.0682. The second-order valence-electron chi connectivity index (χ2n) is 5.75. The van der Waals surface area contributed by atoms with Crippen LogP contribution in [0.1, 0.15) is 29.0 Å². The lowest BCUT2D eigenvalue weighted by Crippen LogP contribution is -2.39. The zero-order chi connectivity index (χ0) is 15.5. The van der Waals surface area contributed by atoms with Crippen molar-refractivity contribution in [2.45, 2.75) is 26.3 Å². The number of pyridine rings is 1. The van der Waals surface area contributed by atoms with E-state index in [1.807, 2.05) is 30.3 Å². The number of carbonyl (C=O) groups is 1. The molecule has 22 heavy (non-hydrogen) atoms. The van der Waals surface area contributed by atoms with Crippen molar-refractivity contribution < 1.29 is 4.79 Å². The van der Waals surface area contributed by atoms with Gasteiger partial charge >= 0.3 is 0 Å². The number of nitrogens with zero attached hydrogens (tertiary/aromatic N) is 4. The second kappa shape index (κ2) is 6.60. The molecule has 1 amide bonds. The third-order valence-corrected chi connectivity index (χ3v) is 4.67. The van der Waals surface area contributed by atoms with Crippen LogP contribution in [0.2, 0.25) is 0 Å². The summed E-state index contributed by atoms with van der Waals surface area (Å²) in [6.45, 7) is 4.64. The number of amides is 1. The smallest absolute Gasteiger partial charge is 0.255 e. The highest BCUT2D eigenvalue weighted by molar-refractivity contribution is 9.10. The summed E-state index contributed by atoms with van der Waals surface area (Å²) in [7, 11) is 0. The van der Waals surface area contributed by atoms with Crippen LogP contribution in [0.15, 0.2) is 35.3 Å². The van der Waals surface area contributed by atoms with Crippen LogP contribution in [0.25, 0.3) is 0 Å². The second-order valence-corrected chi connectivity index (χ2v) is 6.67. The van der Waals surface area contributed by atoms with Gasteiger partial charge in [-0.1, -0.05) is 0 Å². The fourth-order valence-corrected chi connectivity index (χ4v) is 3.27. The minimum Gasteiger partial charge on any atom is -0.339 e. The van der Waals surface area contributed by atoms with E-state index in [-0.39, 0.29) is 5.91 Å². The first-order valence-corrected chi connectivity index (χ1v) is 8.30. The quantitative estimate of drug-likeness (QED) is 0.843. The molecule has 0 aromatic carbocycles. The van der Waals surface area contributed by atoms with Crippen LogP contribution < -0.4 is 0 Å². The maximum Gasteiger partial charge on any atom is 0.255 e. The zero-order valence-electron chi connectivity index (χ0n) is 12.6. The standard InChI is InChI=1S/C16H19BrN4O/c1-12-19-4-7-21(12)11-13-2-5-20(6-3-13)16(22)14-8-15(17)10-18-9-14/h4,7-10,13H,2-3,5-6,11H2,1H3. The number of carbonyl (C=O) groups excluding carboxylic acids is 1. The monoisotopic (exact) mass is 362 g/mol. The Labute approximate surface area is 138 Å². The molecule has 1 aliphatic rings. The van der Waals surface area contributed by atoms with E-state index in [1.54, 1.807) is 12.4 Å². The van der Waals surface area contributed by atoms with Crippen molar-refractivity contribution >= 4 is 21.8 Å². The van der Waals surface area contributed by atoms with E-state index in [2.05, 4.69) is 30.5 Å². The largest absolute Gasteiger partial charge is 0.339 e. The summed E-state index contributed by atoms with van der Waals surface area (Å²) in [4.78, 5) is 22.7. The first-order chi connectivity index (χ1) is 10.6. The Morgan fingerprint density at radius 2 is 2.14 bits per heavy atom. The number of likely N-dealkylation sites (tertiary alicyclic amines) is 1. The number of rotatable bonds is 3. The van der Waals surface area contributed by atoms with Crippen molar-refractivity contribution in [2.24, 2.45) is 5.92 Å². The van der Waals surface area contributed by atoms with Crippen molar-refractivity contribution in [1.29, 1.82) is 0 Å². The van der Waals surface area contributed by atoms with Crippen LogP contribution in [-0.4, -0.2) is 38.4 Å². The molecule has 3 heterocycles. The fourth-order valence-electron chi connectivity index (χ4n) is 2.90. The molecular formula is C16H19BrN4O. The van der Waals surface area contributed by atoms with Gasteiger partial charge in [-0.25, -0.2) is 4.98 Å². The number of hydrogen-bond donors (Lipinski definition) is 0. The van der Waals surface area contributed by atoms with Gasteiger partial charge in [0.2, 0.25) is 0 Å². The molecule has 3 rings (SSSR count). The van der Waals surface area contributed by atoms with E-state index in [1.165, 1.54) is 0 Å². The molecule has 0 atom stereocenters. The van der Waals surface area contributed by atoms with E-state index in [9.17, 15) is 4.79 Å². The maximum absolute atomic E-state index is 12.5. The molecule has 6 heteroatoms. The first-order valence-electron chi connectivity index (χ1n) is 7.51. The highest BCUT2D eigenvalue weighted by Crippen LogP contribution is 2.21. The van der Waals surface area contributed by atoms with Crippen molar-refractivity contribution in [3.63, 3.8) is 0 Å². The molecule has 2 aromatic rings. The summed E-state index contributed by atoms with van der Waals surface area (Å²) in [6.07, 6.45) is 9.26. The average Bonchev–Trinajstić information content (AvgIpc) is 2.92. The highest BCUT2D eigenvalue weighted by atomic mass is 79.9. The van der Waals surface area contributed by atoms with Crippen molar-refractivity contribution in [2.75, 3.05) is 13.1 Å². The highest BCUT2D eigenvalue weighted by Gasteiger charge is 2.24. The Morgan fingerprint density at radius 3 is 2.77 bits per heavy atom. The minimum atomic E-state index is 0.0751. The molecule has 0 radical (unpaired) electrons. The third-order valence-electron chi connectivity index (χ3n) is 4.23. The summed E-state index contributed by atoms with van der Waals surface area (Å²) in [5.41, 5.74) is 0.651. The predicted octanol–water partition coefficient (Wildman–Crippen LogP) is 2.90. The Balaban J connectivity index is 1.57. The first kappa shape index (κ1) is 15.2. The maximum atomic E-state index is 12.5. The van der Waals surface area contributed by atoms with Gasteiger partial charge in [0.15, 0.2) is 0 Å². The molecule has 1 saturated heterocycles. The van der Waals surface area contributed by atoms with Gasteiger partial charge in [0.1, 0.15) is 5.82 Å². The summed E-state index contributed by atoms with van der Waals surface area (Å²) < 4.78 is 3.03. The average molecular weight is 363 g/mol. The van der Waals surface area contributed by atoms with Crippen LogP contribution in [0.5, 0.6) is 0 Å². The van der Waals surface area contributed by atoms with E-state index >= 15 is 0 Å². The molecule has 0 saturated carbocycles. The molecule has 1 fully saturated rings. The normalized spacial score (nSPS) is 16.0. The summed E-state index contributed by atoms with van der Waals surface area (Å²) in [5, 5.41) is 0. The van der Waals surface area contributed by atoms with Crippen molar-refractivity contribution in [3.8, 4) is 0 Å². The fraction of sp³-hybridized carbons (Fsp3) is 0.438. The van der Waals surface area contributed by atoms with Crippen LogP contribution >= 0.6 is 15.9 Å². The molecular weight excluding hydrogens is 344 g/mol. The predicted molar refractivity (Wildman–Crippen MR) is 87.5 cm³/mol. The topological polar surface area (TPSA) is 51.0 Å². The minimum absolute atomic E-state index is 0.0751. The molecule has 0 aliphatic carbocycles. The number of hydrogen-bond acceptors (Lipinski definition) is 3. The molecule has 0 N–H and O–H groups in total. The van der Waals surface area contributed by atoms with Gasteiger partial charge in [-0.15, -0.1) is 0 Å². The van der Waals surface area contributed by atoms with E-state index in [0.29, 0.717) is 11.5 Å². The van der Waals surface area contributed by atoms with Crippen LogP contribution in [0, 0.1) is 12.8 Å². The van der Waals surface area contributed by atoms with E-state index in [4.69, 9.17) is 0 Å². The van der Waals surface area contributed by atoms with Gasteiger partial charge in [-0.05, 0) is 47.7 Å². The number of aromatic nitrogens is 3. The van der Waals surface area contributed by atoms with Crippen molar-refractivity contribution in [3.05, 3.63) is 46.7 Å². The molecule has 116 valence electrons. The van der Waals surface area contributed by atoms with Gasteiger partial charge in [-0.2, -0.15) is 0 Å². The lowest BCUT2D eigenvalue weighted by atomic mass is 9.96. The SMILES string of the molecule is Cc1nccn1CC1CCN(C(=O)c2cncc(Br)c2)CC1.